The first-order chi connectivity index (χ1) is 9.89. The molecule has 0 heterocycles. The van der Waals surface area contributed by atoms with Crippen molar-refractivity contribution in [3.05, 3.63) is 24.3 Å². The Morgan fingerprint density at radius 1 is 1.23 bits per heavy atom. The molecule has 2 atom stereocenters. The summed E-state index contributed by atoms with van der Waals surface area (Å²) < 4.78 is 25.3. The van der Waals surface area contributed by atoms with Gasteiger partial charge in [0.1, 0.15) is 0 Å². The highest BCUT2D eigenvalue weighted by Crippen LogP contribution is 2.25. The Morgan fingerprint density at radius 3 is 2.32 bits per heavy atom. The third-order valence-corrected chi connectivity index (χ3v) is 4.96. The van der Waals surface area contributed by atoms with Crippen molar-refractivity contribution in [1.29, 1.82) is 0 Å². The van der Waals surface area contributed by atoms with Gasteiger partial charge in [0.25, 0.3) is 0 Å². The topological polar surface area (TPSA) is 101 Å². The molecule has 22 heavy (non-hydrogen) atoms. The third-order valence-electron chi connectivity index (χ3n) is 3.65. The van der Waals surface area contributed by atoms with Gasteiger partial charge in [-0.3, -0.25) is 9.52 Å². The number of sulfonamides is 1. The van der Waals surface area contributed by atoms with Crippen LogP contribution in [0.4, 0.5) is 11.4 Å². The van der Waals surface area contributed by atoms with Crippen LogP contribution in [0.5, 0.6) is 0 Å². The van der Waals surface area contributed by atoms with Crippen LogP contribution in [0.1, 0.15) is 26.2 Å². The highest BCUT2D eigenvalue weighted by atomic mass is 35.5. The van der Waals surface area contributed by atoms with E-state index >= 15 is 0 Å². The minimum atomic E-state index is -3.28. The van der Waals surface area contributed by atoms with Gasteiger partial charge in [-0.2, -0.15) is 0 Å². The smallest absolute Gasteiger partial charge is 0.232 e. The summed E-state index contributed by atoms with van der Waals surface area (Å²) in [6.45, 7) is 1.57. The molecule has 1 aliphatic rings. The number of carbonyl (C=O) groups excluding carboxylic acids is 1. The van der Waals surface area contributed by atoms with Gasteiger partial charge in [-0.15, -0.1) is 12.4 Å². The SMILES string of the molecule is CCS(=O)(=O)Nc1ccc(NC(=O)C2CCC(N)C2)cc1.Cl. The first kappa shape index (κ1) is 18.7. The van der Waals surface area contributed by atoms with E-state index < -0.39 is 10.0 Å². The molecule has 2 rings (SSSR count). The van der Waals surface area contributed by atoms with Crippen LogP contribution < -0.4 is 15.8 Å². The van der Waals surface area contributed by atoms with Gasteiger partial charge in [-0.05, 0) is 50.5 Å². The zero-order valence-corrected chi connectivity index (χ0v) is 14.0. The quantitative estimate of drug-likeness (QED) is 0.757. The van der Waals surface area contributed by atoms with Gasteiger partial charge in [0.15, 0.2) is 0 Å². The van der Waals surface area contributed by atoms with Crippen molar-refractivity contribution >= 4 is 39.7 Å². The van der Waals surface area contributed by atoms with Crippen LogP contribution in [0, 0.1) is 5.92 Å². The van der Waals surface area contributed by atoms with E-state index in [0.29, 0.717) is 11.4 Å². The summed E-state index contributed by atoms with van der Waals surface area (Å²) in [5, 5.41) is 2.84. The van der Waals surface area contributed by atoms with Gasteiger partial charge in [0.2, 0.25) is 15.9 Å². The fourth-order valence-corrected chi connectivity index (χ4v) is 3.01. The fraction of sp³-hybridized carbons (Fsp3) is 0.500. The molecule has 1 aliphatic carbocycles. The minimum Gasteiger partial charge on any atom is -0.328 e. The maximum atomic E-state index is 12.0. The Morgan fingerprint density at radius 2 is 1.82 bits per heavy atom. The number of hydrogen-bond donors (Lipinski definition) is 3. The van der Waals surface area contributed by atoms with Crippen LogP contribution in [0.15, 0.2) is 24.3 Å². The number of benzene rings is 1. The number of nitrogens with two attached hydrogens (primary N) is 1. The number of anilines is 2. The van der Waals surface area contributed by atoms with E-state index in [4.69, 9.17) is 5.73 Å². The maximum absolute atomic E-state index is 12.0. The normalized spacial score (nSPS) is 21.0. The summed E-state index contributed by atoms with van der Waals surface area (Å²) in [7, 11) is -3.28. The Balaban J connectivity index is 0.00000242. The minimum absolute atomic E-state index is 0. The molecule has 0 spiro atoms. The Bertz CT molecular complexity index is 604. The molecule has 2 unspecified atom stereocenters. The van der Waals surface area contributed by atoms with E-state index in [1.165, 1.54) is 0 Å². The van der Waals surface area contributed by atoms with Gasteiger partial charge in [0, 0.05) is 23.3 Å². The molecule has 124 valence electrons. The molecule has 0 aromatic heterocycles. The fourth-order valence-electron chi connectivity index (χ4n) is 2.37. The molecule has 8 heteroatoms. The Hall–Kier alpha value is -1.31. The lowest BCUT2D eigenvalue weighted by atomic mass is 10.1. The summed E-state index contributed by atoms with van der Waals surface area (Å²) >= 11 is 0. The van der Waals surface area contributed by atoms with E-state index in [9.17, 15) is 13.2 Å². The van der Waals surface area contributed by atoms with Crippen LogP contribution >= 0.6 is 12.4 Å². The van der Waals surface area contributed by atoms with Crippen molar-refractivity contribution in [2.75, 3.05) is 15.8 Å². The second kappa shape index (κ2) is 7.80. The van der Waals surface area contributed by atoms with Crippen molar-refractivity contribution in [2.24, 2.45) is 11.7 Å². The standard InChI is InChI=1S/C14H21N3O3S.ClH/c1-2-21(19,20)17-13-7-5-12(6-8-13)16-14(18)10-3-4-11(15)9-10;/h5-8,10-11,17H,2-4,9,15H2,1H3,(H,16,18);1H. The average molecular weight is 348 g/mol. The average Bonchev–Trinajstić information content (AvgIpc) is 2.87. The predicted octanol–water partition coefficient (Wildman–Crippen LogP) is 1.94. The molecule has 1 amide bonds. The zero-order chi connectivity index (χ0) is 15.5. The number of rotatable bonds is 5. The van der Waals surface area contributed by atoms with E-state index in [0.717, 1.165) is 19.3 Å². The van der Waals surface area contributed by atoms with Crippen molar-refractivity contribution in [2.45, 2.75) is 32.2 Å². The largest absolute Gasteiger partial charge is 0.328 e. The summed E-state index contributed by atoms with van der Waals surface area (Å²) in [4.78, 5) is 12.0. The van der Waals surface area contributed by atoms with Crippen molar-refractivity contribution in [3.8, 4) is 0 Å². The maximum Gasteiger partial charge on any atom is 0.232 e. The van der Waals surface area contributed by atoms with Gasteiger partial charge in [0.05, 0.1) is 5.75 Å². The highest BCUT2D eigenvalue weighted by Gasteiger charge is 2.27. The van der Waals surface area contributed by atoms with Crippen molar-refractivity contribution in [1.82, 2.24) is 0 Å². The van der Waals surface area contributed by atoms with Crippen LogP contribution in [-0.4, -0.2) is 26.1 Å². The molecular formula is C14H22ClN3O3S. The molecular weight excluding hydrogens is 326 g/mol. The first-order valence-electron chi connectivity index (χ1n) is 7.06. The van der Waals surface area contributed by atoms with Gasteiger partial charge >= 0.3 is 0 Å². The molecule has 0 radical (unpaired) electrons. The van der Waals surface area contributed by atoms with Gasteiger partial charge in [-0.25, -0.2) is 8.42 Å². The van der Waals surface area contributed by atoms with E-state index in [1.807, 2.05) is 0 Å². The zero-order valence-electron chi connectivity index (χ0n) is 12.4. The lowest BCUT2D eigenvalue weighted by Gasteiger charge is -2.11. The van der Waals surface area contributed by atoms with Gasteiger partial charge in [-0.1, -0.05) is 0 Å². The lowest BCUT2D eigenvalue weighted by molar-refractivity contribution is -0.119. The van der Waals surface area contributed by atoms with Crippen LogP contribution in [0.3, 0.4) is 0 Å². The summed E-state index contributed by atoms with van der Waals surface area (Å²) in [6, 6.07) is 6.74. The second-order valence-electron chi connectivity index (χ2n) is 5.34. The Kier molecular flexibility index (Phi) is 6.65. The molecule has 0 bridgehead atoms. The van der Waals surface area contributed by atoms with Gasteiger partial charge < -0.3 is 11.1 Å². The molecule has 1 aromatic rings. The number of carbonyl (C=O) groups is 1. The molecule has 6 nitrogen and oxygen atoms in total. The molecule has 1 aromatic carbocycles. The van der Waals surface area contributed by atoms with Crippen LogP contribution in [-0.2, 0) is 14.8 Å². The number of halogens is 1. The molecule has 1 fully saturated rings. The first-order valence-corrected chi connectivity index (χ1v) is 8.72. The van der Waals surface area contributed by atoms with E-state index in [-0.39, 0.29) is 36.0 Å². The lowest BCUT2D eigenvalue weighted by Crippen LogP contribution is -2.23. The summed E-state index contributed by atoms with van der Waals surface area (Å²) in [6.07, 6.45) is 2.43. The summed E-state index contributed by atoms with van der Waals surface area (Å²) in [5.74, 6) is -0.0314. The Labute approximate surface area is 137 Å². The predicted molar refractivity (Wildman–Crippen MR) is 90.7 cm³/mol. The number of amides is 1. The third kappa shape index (κ3) is 5.15. The van der Waals surface area contributed by atoms with Crippen LogP contribution in [0.2, 0.25) is 0 Å². The number of nitrogens with one attached hydrogen (secondary N) is 2. The van der Waals surface area contributed by atoms with Crippen molar-refractivity contribution < 1.29 is 13.2 Å². The molecule has 1 saturated carbocycles. The molecule has 0 aliphatic heterocycles. The number of hydrogen-bond acceptors (Lipinski definition) is 4. The monoisotopic (exact) mass is 347 g/mol. The van der Waals surface area contributed by atoms with Crippen LogP contribution in [0.25, 0.3) is 0 Å². The van der Waals surface area contributed by atoms with E-state index in [1.54, 1.807) is 31.2 Å². The second-order valence-corrected chi connectivity index (χ2v) is 7.35. The highest BCUT2D eigenvalue weighted by molar-refractivity contribution is 7.92. The van der Waals surface area contributed by atoms with Crippen molar-refractivity contribution in [3.63, 3.8) is 0 Å². The molecule has 4 N–H and O–H groups in total. The summed E-state index contributed by atoms with van der Waals surface area (Å²) in [5.41, 5.74) is 6.94. The van der Waals surface area contributed by atoms with E-state index in [2.05, 4.69) is 10.0 Å². The molecule has 0 saturated heterocycles.